The Morgan fingerprint density at radius 2 is 2.06 bits per heavy atom. The largest absolute Gasteiger partial charge is 0.480 e. The maximum Gasteiger partial charge on any atom is 0.320 e. The smallest absolute Gasteiger partial charge is 0.320 e. The topological polar surface area (TPSA) is 106 Å². The van der Waals surface area contributed by atoms with Crippen LogP contribution in [0.3, 0.4) is 0 Å². The first-order chi connectivity index (χ1) is 7.43. The van der Waals surface area contributed by atoms with Gasteiger partial charge in [0, 0.05) is 12.0 Å². The van der Waals surface area contributed by atoms with Crippen molar-refractivity contribution in [3.63, 3.8) is 0 Å². The van der Waals surface area contributed by atoms with Crippen molar-refractivity contribution < 1.29 is 14.7 Å². The summed E-state index contributed by atoms with van der Waals surface area (Å²) in [7, 11) is 0. The molecular weight excluding hydrogens is 232 g/mol. The summed E-state index contributed by atoms with van der Waals surface area (Å²) in [5.74, 6) is -1.66. The Labute approximate surface area is 97.0 Å². The second-order valence-corrected chi connectivity index (χ2v) is 3.68. The van der Waals surface area contributed by atoms with E-state index in [4.69, 9.17) is 28.2 Å². The van der Waals surface area contributed by atoms with Crippen LogP contribution in [0, 0.1) is 0 Å². The quantitative estimate of drug-likeness (QED) is 0.537. The molecule has 1 aromatic carbocycles. The lowest BCUT2D eigenvalue weighted by Gasteiger charge is -2.08. The van der Waals surface area contributed by atoms with E-state index in [2.05, 4.69) is 0 Å². The van der Waals surface area contributed by atoms with Crippen LogP contribution < -0.4 is 11.5 Å². The van der Waals surface area contributed by atoms with Gasteiger partial charge in [-0.3, -0.25) is 9.59 Å². The predicted octanol–water partition coefficient (Wildman–Crippen LogP) is 0.907. The molecule has 1 aromatic rings. The van der Waals surface area contributed by atoms with E-state index in [9.17, 15) is 9.59 Å². The molecule has 0 fully saturated rings. The number of rotatable bonds is 4. The summed E-state index contributed by atoms with van der Waals surface area (Å²) >= 11 is 5.73. The molecule has 0 aliphatic rings. The standard InChI is InChI=1S/C10H11ClN2O3/c11-6-3-1-2-5(9(6)13)8(14)4-7(12)10(15)16/h1-3,7H,4,12-13H2,(H,15,16)/t7-/m0/s1. The molecule has 16 heavy (non-hydrogen) atoms. The van der Waals surface area contributed by atoms with E-state index in [-0.39, 0.29) is 22.7 Å². The van der Waals surface area contributed by atoms with Gasteiger partial charge in [0.2, 0.25) is 0 Å². The van der Waals surface area contributed by atoms with Gasteiger partial charge in [0.1, 0.15) is 6.04 Å². The number of aliphatic carboxylic acids is 1. The minimum absolute atomic E-state index is 0.145. The summed E-state index contributed by atoms with van der Waals surface area (Å²) in [6, 6.07) is 3.37. The lowest BCUT2D eigenvalue weighted by molar-refractivity contribution is -0.138. The van der Waals surface area contributed by atoms with Gasteiger partial charge < -0.3 is 16.6 Å². The highest BCUT2D eigenvalue weighted by atomic mass is 35.5. The van der Waals surface area contributed by atoms with Crippen molar-refractivity contribution in [2.75, 3.05) is 5.73 Å². The normalized spacial score (nSPS) is 12.1. The Balaban J connectivity index is 2.89. The average Bonchev–Trinajstić information content (AvgIpc) is 2.21. The van der Waals surface area contributed by atoms with Gasteiger partial charge in [-0.05, 0) is 12.1 Å². The summed E-state index contributed by atoms with van der Waals surface area (Å²) < 4.78 is 0. The number of carboxylic acids is 1. The van der Waals surface area contributed by atoms with Gasteiger partial charge in [-0.25, -0.2) is 0 Å². The summed E-state index contributed by atoms with van der Waals surface area (Å²) in [4.78, 5) is 22.1. The monoisotopic (exact) mass is 242 g/mol. The van der Waals surface area contributed by atoms with E-state index in [0.717, 1.165) is 0 Å². The number of halogens is 1. The molecule has 5 N–H and O–H groups in total. The van der Waals surface area contributed by atoms with Gasteiger partial charge in [0.15, 0.2) is 5.78 Å². The van der Waals surface area contributed by atoms with Crippen molar-refractivity contribution in [3.8, 4) is 0 Å². The van der Waals surface area contributed by atoms with Crippen LogP contribution in [0.15, 0.2) is 18.2 Å². The van der Waals surface area contributed by atoms with Crippen LogP contribution in [0.1, 0.15) is 16.8 Å². The third-order valence-corrected chi connectivity index (χ3v) is 2.41. The molecule has 0 radical (unpaired) electrons. The predicted molar refractivity (Wildman–Crippen MR) is 60.4 cm³/mol. The highest BCUT2D eigenvalue weighted by Gasteiger charge is 2.19. The maximum absolute atomic E-state index is 11.7. The van der Waals surface area contributed by atoms with Gasteiger partial charge >= 0.3 is 5.97 Å². The number of hydrogen-bond acceptors (Lipinski definition) is 4. The van der Waals surface area contributed by atoms with Crippen LogP contribution in [0.2, 0.25) is 5.02 Å². The first-order valence-corrected chi connectivity index (χ1v) is 4.87. The fraction of sp³-hybridized carbons (Fsp3) is 0.200. The zero-order chi connectivity index (χ0) is 12.3. The molecule has 1 atom stereocenters. The molecule has 0 unspecified atom stereocenters. The fourth-order valence-corrected chi connectivity index (χ4v) is 1.35. The van der Waals surface area contributed by atoms with Crippen molar-refractivity contribution in [1.29, 1.82) is 0 Å². The zero-order valence-corrected chi connectivity index (χ0v) is 9.07. The number of nitrogens with two attached hydrogens (primary N) is 2. The molecule has 5 nitrogen and oxygen atoms in total. The summed E-state index contributed by atoms with van der Waals surface area (Å²) in [5.41, 5.74) is 11.2. The third-order valence-electron chi connectivity index (χ3n) is 2.08. The summed E-state index contributed by atoms with van der Waals surface area (Å²) in [6.07, 6.45) is -0.306. The molecule has 0 saturated carbocycles. The van der Waals surface area contributed by atoms with Crippen LogP contribution in [-0.2, 0) is 4.79 Å². The number of anilines is 1. The number of benzene rings is 1. The average molecular weight is 243 g/mol. The SMILES string of the molecule is Nc1c(Cl)cccc1C(=O)C[C@H](N)C(=O)O. The lowest BCUT2D eigenvalue weighted by atomic mass is 10.0. The summed E-state index contributed by atoms with van der Waals surface area (Å²) in [5, 5.41) is 8.83. The highest BCUT2D eigenvalue weighted by molar-refractivity contribution is 6.34. The number of Topliss-reactive ketones (excluding diaryl/α,β-unsaturated/α-hetero) is 1. The Hall–Kier alpha value is -1.59. The molecule has 0 heterocycles. The van der Waals surface area contributed by atoms with Crippen molar-refractivity contribution in [2.45, 2.75) is 12.5 Å². The molecule has 86 valence electrons. The molecule has 0 amide bonds. The Morgan fingerprint density at radius 1 is 1.44 bits per heavy atom. The van der Waals surface area contributed by atoms with Crippen LogP contribution >= 0.6 is 11.6 Å². The second kappa shape index (κ2) is 4.96. The van der Waals surface area contributed by atoms with Gasteiger partial charge in [-0.15, -0.1) is 0 Å². The van der Waals surface area contributed by atoms with E-state index in [1.54, 1.807) is 12.1 Å². The van der Waals surface area contributed by atoms with Crippen LogP contribution in [0.5, 0.6) is 0 Å². The third kappa shape index (κ3) is 2.71. The molecule has 0 aliphatic carbocycles. The highest BCUT2D eigenvalue weighted by Crippen LogP contribution is 2.23. The van der Waals surface area contributed by atoms with Gasteiger partial charge in [0.25, 0.3) is 0 Å². The maximum atomic E-state index is 11.7. The second-order valence-electron chi connectivity index (χ2n) is 3.27. The first-order valence-electron chi connectivity index (χ1n) is 4.49. The number of nitrogen functional groups attached to an aromatic ring is 1. The number of carbonyl (C=O) groups excluding carboxylic acids is 1. The van der Waals surface area contributed by atoms with Crippen molar-refractivity contribution in [3.05, 3.63) is 28.8 Å². The van der Waals surface area contributed by atoms with Crippen LogP contribution in [0.25, 0.3) is 0 Å². The molecule has 0 aliphatic heterocycles. The molecule has 0 bridgehead atoms. The molecule has 0 aromatic heterocycles. The van der Waals surface area contributed by atoms with Crippen LogP contribution in [-0.4, -0.2) is 22.9 Å². The Kier molecular flexibility index (Phi) is 3.87. The molecular formula is C10H11ClN2O3. The number of hydrogen-bond donors (Lipinski definition) is 3. The lowest BCUT2D eigenvalue weighted by Crippen LogP contribution is -2.32. The summed E-state index contributed by atoms with van der Waals surface area (Å²) in [6.45, 7) is 0. The van der Waals surface area contributed by atoms with E-state index >= 15 is 0 Å². The molecule has 1 rings (SSSR count). The molecule has 0 saturated heterocycles. The molecule has 6 heteroatoms. The number of carbonyl (C=O) groups is 2. The number of ketones is 1. The first kappa shape index (κ1) is 12.5. The number of para-hydroxylation sites is 1. The van der Waals surface area contributed by atoms with Gasteiger partial charge in [-0.1, -0.05) is 17.7 Å². The minimum atomic E-state index is -1.23. The van der Waals surface area contributed by atoms with Crippen molar-refractivity contribution in [2.24, 2.45) is 5.73 Å². The van der Waals surface area contributed by atoms with Crippen molar-refractivity contribution >= 4 is 29.0 Å². The van der Waals surface area contributed by atoms with E-state index < -0.39 is 17.8 Å². The van der Waals surface area contributed by atoms with E-state index in [0.29, 0.717) is 0 Å². The van der Waals surface area contributed by atoms with Crippen molar-refractivity contribution in [1.82, 2.24) is 0 Å². The van der Waals surface area contributed by atoms with Gasteiger partial charge in [-0.2, -0.15) is 0 Å². The minimum Gasteiger partial charge on any atom is -0.480 e. The van der Waals surface area contributed by atoms with E-state index in [1.807, 2.05) is 0 Å². The zero-order valence-electron chi connectivity index (χ0n) is 8.31. The molecule has 0 spiro atoms. The Morgan fingerprint density at radius 3 is 2.62 bits per heavy atom. The fourth-order valence-electron chi connectivity index (χ4n) is 1.18. The Bertz CT molecular complexity index is 434. The van der Waals surface area contributed by atoms with Crippen LogP contribution in [0.4, 0.5) is 5.69 Å². The van der Waals surface area contributed by atoms with E-state index in [1.165, 1.54) is 6.07 Å². The number of carboxylic acid groups (broad SMARTS) is 1. The van der Waals surface area contributed by atoms with Gasteiger partial charge in [0.05, 0.1) is 10.7 Å².